The Morgan fingerprint density at radius 1 is 0.886 bits per heavy atom. The average molecular weight is 623 g/mol. The second kappa shape index (κ2) is 11.8. The van der Waals surface area contributed by atoms with Crippen LogP contribution in [0.2, 0.25) is 0 Å². The number of allylic oxidation sites excluding steroid dienone is 2. The SMILES string of the molecule is CC(C)=CCC[C@](C)(O)C1CC[C@]2(C)C1[C@H](O)CC1[C@@]3(C)CCC(O[C@@H]4O[C@H](CO)[C@@H](O)[C@@H](O)[C@H]4O)C(C)(C)C3CC[C@]12C. The fourth-order valence-electron chi connectivity index (χ4n) is 11.9. The standard InChI is InChI=1S/C36H62O8/c1-20(2)10-9-14-36(8,42)21-11-16-35(7)27(21)22(38)18-25-33(5)15-13-26(32(3,4)24(33)12-17-34(25,35)6)44-31-30(41)29(40)28(39)23(19-37)43-31/h10,21-31,37-42H,9,11-19H2,1-8H3/t21?,22-,23-,24?,25?,26?,27?,28-,29-,30-,31+,33+,34-,35-,36+/m1/s1. The molecule has 6 N–H and O–H groups in total. The Hall–Kier alpha value is -0.580. The third-order valence-electron chi connectivity index (χ3n) is 14.5. The second-order valence-electron chi connectivity index (χ2n) is 17.3. The number of fused-ring (bicyclic) bond motifs is 5. The quantitative estimate of drug-likeness (QED) is 0.182. The topological polar surface area (TPSA) is 140 Å². The van der Waals surface area contributed by atoms with Gasteiger partial charge in [0.05, 0.1) is 24.4 Å². The Labute approximate surface area is 265 Å². The molecule has 0 aromatic carbocycles. The van der Waals surface area contributed by atoms with Gasteiger partial charge in [0.15, 0.2) is 6.29 Å². The van der Waals surface area contributed by atoms with E-state index >= 15 is 0 Å². The fourth-order valence-corrected chi connectivity index (χ4v) is 11.9. The van der Waals surface area contributed by atoms with Crippen LogP contribution in [0.5, 0.6) is 0 Å². The lowest BCUT2D eigenvalue weighted by Gasteiger charge is -2.70. The molecule has 4 saturated carbocycles. The maximum Gasteiger partial charge on any atom is 0.186 e. The van der Waals surface area contributed by atoms with Crippen molar-refractivity contribution in [2.24, 2.45) is 45.3 Å². The van der Waals surface area contributed by atoms with Gasteiger partial charge in [-0.2, -0.15) is 0 Å². The van der Waals surface area contributed by atoms with Gasteiger partial charge in [-0.3, -0.25) is 0 Å². The lowest BCUT2D eigenvalue weighted by molar-refractivity contribution is -0.332. The first-order chi connectivity index (χ1) is 20.3. The first-order valence-electron chi connectivity index (χ1n) is 17.3. The normalized spacial score (nSPS) is 51.5. The summed E-state index contributed by atoms with van der Waals surface area (Å²) in [5.41, 5.74) is 0.122. The van der Waals surface area contributed by atoms with E-state index in [0.29, 0.717) is 18.3 Å². The van der Waals surface area contributed by atoms with Gasteiger partial charge in [0.2, 0.25) is 0 Å². The molecule has 1 heterocycles. The van der Waals surface area contributed by atoms with Crippen molar-refractivity contribution in [2.75, 3.05) is 6.61 Å². The Kier molecular flexibility index (Phi) is 9.35. The van der Waals surface area contributed by atoms with Crippen molar-refractivity contribution < 1.29 is 40.1 Å². The molecule has 0 aromatic heterocycles. The van der Waals surface area contributed by atoms with Crippen molar-refractivity contribution in [3.05, 3.63) is 11.6 Å². The number of hydrogen-bond acceptors (Lipinski definition) is 8. The van der Waals surface area contributed by atoms with E-state index in [9.17, 15) is 30.6 Å². The molecule has 8 heteroatoms. The summed E-state index contributed by atoms with van der Waals surface area (Å²) in [6.45, 7) is 17.5. The molecule has 5 fully saturated rings. The zero-order valence-corrected chi connectivity index (χ0v) is 28.5. The molecule has 5 rings (SSSR count). The predicted molar refractivity (Wildman–Crippen MR) is 168 cm³/mol. The highest BCUT2D eigenvalue weighted by Gasteiger charge is 2.71. The van der Waals surface area contributed by atoms with Crippen molar-refractivity contribution in [2.45, 2.75) is 162 Å². The summed E-state index contributed by atoms with van der Waals surface area (Å²) in [6, 6.07) is 0. The van der Waals surface area contributed by atoms with Gasteiger partial charge >= 0.3 is 0 Å². The highest BCUT2D eigenvalue weighted by Crippen LogP contribution is 2.76. The van der Waals surface area contributed by atoms with Crippen molar-refractivity contribution in [1.29, 1.82) is 0 Å². The highest BCUT2D eigenvalue weighted by atomic mass is 16.7. The maximum atomic E-state index is 12.0. The van der Waals surface area contributed by atoms with E-state index in [1.165, 1.54) is 5.57 Å². The van der Waals surface area contributed by atoms with Crippen molar-refractivity contribution in [3.8, 4) is 0 Å². The van der Waals surface area contributed by atoms with Gasteiger partial charge in [-0.15, -0.1) is 0 Å². The van der Waals surface area contributed by atoms with Gasteiger partial charge in [0, 0.05) is 0 Å². The van der Waals surface area contributed by atoms with Crippen LogP contribution >= 0.6 is 0 Å². The summed E-state index contributed by atoms with van der Waals surface area (Å²) >= 11 is 0. The Bertz CT molecular complexity index is 1070. The first kappa shape index (κ1) is 34.7. The molecule has 0 amide bonds. The molecule has 44 heavy (non-hydrogen) atoms. The molecular weight excluding hydrogens is 560 g/mol. The number of aliphatic hydroxyl groups is 6. The monoisotopic (exact) mass is 622 g/mol. The van der Waals surface area contributed by atoms with E-state index in [2.05, 4.69) is 54.5 Å². The molecule has 0 spiro atoms. The van der Waals surface area contributed by atoms with Gasteiger partial charge in [-0.05, 0) is 124 Å². The zero-order valence-electron chi connectivity index (χ0n) is 28.5. The van der Waals surface area contributed by atoms with Gasteiger partial charge in [-0.25, -0.2) is 0 Å². The minimum absolute atomic E-state index is 0.0231. The lowest BCUT2D eigenvalue weighted by Crippen LogP contribution is -2.67. The second-order valence-corrected chi connectivity index (χ2v) is 17.3. The van der Waals surface area contributed by atoms with Crippen LogP contribution in [0.4, 0.5) is 0 Å². The van der Waals surface area contributed by atoms with E-state index in [4.69, 9.17) is 9.47 Å². The van der Waals surface area contributed by atoms with E-state index in [1.54, 1.807) is 0 Å². The number of ether oxygens (including phenoxy) is 2. The Morgan fingerprint density at radius 2 is 1.55 bits per heavy atom. The lowest BCUT2D eigenvalue weighted by atomic mass is 9.35. The smallest absolute Gasteiger partial charge is 0.186 e. The third kappa shape index (κ3) is 5.26. The summed E-state index contributed by atoms with van der Waals surface area (Å²) < 4.78 is 12.2. The van der Waals surface area contributed by atoms with Crippen LogP contribution in [0.25, 0.3) is 0 Å². The molecule has 0 bridgehead atoms. The molecule has 5 aliphatic rings. The van der Waals surface area contributed by atoms with Crippen LogP contribution in [0, 0.1) is 45.3 Å². The molecular formula is C36H62O8. The van der Waals surface area contributed by atoms with Crippen LogP contribution in [0.3, 0.4) is 0 Å². The van der Waals surface area contributed by atoms with Crippen LogP contribution < -0.4 is 0 Å². The molecule has 0 radical (unpaired) electrons. The summed E-state index contributed by atoms with van der Waals surface area (Å²) in [7, 11) is 0. The van der Waals surface area contributed by atoms with E-state index < -0.39 is 49.0 Å². The van der Waals surface area contributed by atoms with E-state index in [0.717, 1.165) is 51.4 Å². The van der Waals surface area contributed by atoms with Crippen LogP contribution in [0.15, 0.2) is 11.6 Å². The van der Waals surface area contributed by atoms with Crippen LogP contribution in [-0.2, 0) is 9.47 Å². The average Bonchev–Trinajstić information content (AvgIpc) is 3.32. The molecule has 15 atom stereocenters. The summed E-state index contributed by atoms with van der Waals surface area (Å²) in [5.74, 6) is 0.792. The summed E-state index contributed by atoms with van der Waals surface area (Å²) in [5, 5.41) is 64.8. The van der Waals surface area contributed by atoms with Gasteiger partial charge in [0.25, 0.3) is 0 Å². The maximum absolute atomic E-state index is 12.0. The predicted octanol–water partition coefficient (Wildman–Crippen LogP) is 4.32. The number of hydrogen-bond donors (Lipinski definition) is 6. The molecule has 8 nitrogen and oxygen atoms in total. The Balaban J connectivity index is 1.37. The van der Waals surface area contributed by atoms with Crippen molar-refractivity contribution in [3.63, 3.8) is 0 Å². The third-order valence-corrected chi connectivity index (χ3v) is 14.5. The fraction of sp³-hybridized carbons (Fsp3) is 0.944. The molecule has 1 saturated heterocycles. The van der Waals surface area contributed by atoms with Gasteiger partial charge < -0.3 is 40.1 Å². The van der Waals surface area contributed by atoms with E-state index in [1.807, 2.05) is 6.92 Å². The van der Waals surface area contributed by atoms with Crippen molar-refractivity contribution >= 4 is 0 Å². The van der Waals surface area contributed by atoms with Gasteiger partial charge in [0.1, 0.15) is 24.4 Å². The van der Waals surface area contributed by atoms with E-state index in [-0.39, 0.29) is 39.6 Å². The molecule has 4 aliphatic carbocycles. The molecule has 254 valence electrons. The van der Waals surface area contributed by atoms with Crippen LogP contribution in [-0.4, -0.2) is 85.8 Å². The minimum Gasteiger partial charge on any atom is -0.394 e. The highest BCUT2D eigenvalue weighted by molar-refractivity contribution is 5.20. The van der Waals surface area contributed by atoms with Crippen LogP contribution in [0.1, 0.15) is 113 Å². The molecule has 5 unspecified atom stereocenters. The van der Waals surface area contributed by atoms with Gasteiger partial charge in [-0.1, -0.05) is 46.3 Å². The number of aliphatic hydroxyl groups excluding tert-OH is 5. The number of rotatable bonds is 7. The van der Waals surface area contributed by atoms with Crippen molar-refractivity contribution in [1.82, 2.24) is 0 Å². The zero-order chi connectivity index (χ0) is 32.6. The molecule has 0 aromatic rings. The summed E-state index contributed by atoms with van der Waals surface area (Å²) in [4.78, 5) is 0. The Morgan fingerprint density at radius 3 is 2.18 bits per heavy atom. The minimum atomic E-state index is -1.46. The largest absolute Gasteiger partial charge is 0.394 e. The summed E-state index contributed by atoms with van der Waals surface area (Å²) in [6.07, 6.45) is 3.15. The first-order valence-corrected chi connectivity index (χ1v) is 17.3. The molecule has 1 aliphatic heterocycles.